The number of carbonyl (C=O) groups is 1. The molecule has 20 heavy (non-hydrogen) atoms. The normalized spacial score (nSPS) is 13.0. The molecular weight excluding hydrogens is 259 g/mol. The lowest BCUT2D eigenvalue weighted by atomic mass is 10.1. The molecule has 0 saturated carbocycles. The van der Waals surface area contributed by atoms with Crippen LogP contribution in [0.15, 0.2) is 36.4 Å². The maximum Gasteiger partial charge on any atom is 0.203 e. The maximum atomic E-state index is 13.0. The van der Waals surface area contributed by atoms with E-state index in [4.69, 9.17) is 9.47 Å². The number of halogens is 1. The molecule has 0 radical (unpaired) electrons. The van der Waals surface area contributed by atoms with Crippen molar-refractivity contribution in [2.45, 2.75) is 13.5 Å². The van der Waals surface area contributed by atoms with E-state index in [0.29, 0.717) is 23.7 Å². The minimum atomic E-state index is -0.254. The van der Waals surface area contributed by atoms with E-state index in [1.165, 1.54) is 12.1 Å². The monoisotopic (exact) mass is 272 g/mol. The van der Waals surface area contributed by atoms with Gasteiger partial charge in [-0.05, 0) is 42.3 Å². The van der Waals surface area contributed by atoms with Crippen LogP contribution in [0.3, 0.4) is 0 Å². The standard InChI is InChI=1S/C16H13FO3/c1-10-6-12(17)3-2-11(10)8-19-13-4-5-14-15(18)9-20-16(14)7-13/h2-7H,8-9H2,1H3. The molecule has 102 valence electrons. The molecule has 0 spiro atoms. The number of aryl methyl sites for hydroxylation is 1. The van der Waals surface area contributed by atoms with E-state index in [2.05, 4.69) is 0 Å². The number of hydrogen-bond donors (Lipinski definition) is 0. The van der Waals surface area contributed by atoms with Crippen LogP contribution in [-0.4, -0.2) is 12.4 Å². The maximum absolute atomic E-state index is 13.0. The minimum absolute atomic E-state index is 0.0130. The van der Waals surface area contributed by atoms with Gasteiger partial charge < -0.3 is 9.47 Å². The van der Waals surface area contributed by atoms with Gasteiger partial charge in [-0.25, -0.2) is 4.39 Å². The largest absolute Gasteiger partial charge is 0.489 e. The number of fused-ring (bicyclic) bond motifs is 1. The lowest BCUT2D eigenvalue weighted by molar-refractivity contribution is 0.0961. The number of Topliss-reactive ketones (excluding diaryl/α,β-unsaturated/α-hetero) is 1. The smallest absolute Gasteiger partial charge is 0.203 e. The highest BCUT2D eigenvalue weighted by Crippen LogP contribution is 2.30. The molecule has 3 nitrogen and oxygen atoms in total. The minimum Gasteiger partial charge on any atom is -0.489 e. The fourth-order valence-electron chi connectivity index (χ4n) is 2.15. The van der Waals surface area contributed by atoms with E-state index in [1.54, 1.807) is 24.3 Å². The number of benzene rings is 2. The summed E-state index contributed by atoms with van der Waals surface area (Å²) >= 11 is 0. The van der Waals surface area contributed by atoms with Crippen LogP contribution in [0.25, 0.3) is 0 Å². The highest BCUT2D eigenvalue weighted by Gasteiger charge is 2.21. The zero-order valence-electron chi connectivity index (χ0n) is 11.0. The van der Waals surface area contributed by atoms with Gasteiger partial charge in [0.25, 0.3) is 0 Å². The Morgan fingerprint density at radius 1 is 1.25 bits per heavy atom. The van der Waals surface area contributed by atoms with Crippen LogP contribution in [0.2, 0.25) is 0 Å². The molecule has 0 fully saturated rings. The summed E-state index contributed by atoms with van der Waals surface area (Å²) in [6, 6.07) is 9.75. The summed E-state index contributed by atoms with van der Waals surface area (Å²) in [6.07, 6.45) is 0. The Hall–Kier alpha value is -2.36. The van der Waals surface area contributed by atoms with E-state index in [9.17, 15) is 9.18 Å². The van der Waals surface area contributed by atoms with Crippen LogP contribution in [0.5, 0.6) is 11.5 Å². The van der Waals surface area contributed by atoms with E-state index < -0.39 is 0 Å². The number of rotatable bonds is 3. The first-order valence-electron chi connectivity index (χ1n) is 6.31. The summed E-state index contributed by atoms with van der Waals surface area (Å²) < 4.78 is 23.9. The zero-order valence-corrected chi connectivity index (χ0v) is 11.0. The van der Waals surface area contributed by atoms with Gasteiger partial charge in [0.15, 0.2) is 6.61 Å². The quantitative estimate of drug-likeness (QED) is 0.860. The summed E-state index contributed by atoms with van der Waals surface area (Å²) in [7, 11) is 0. The first-order valence-corrected chi connectivity index (χ1v) is 6.31. The molecule has 1 aliphatic rings. The highest BCUT2D eigenvalue weighted by molar-refractivity contribution is 6.02. The molecule has 3 rings (SSSR count). The summed E-state index contributed by atoms with van der Waals surface area (Å²) in [4.78, 5) is 11.4. The van der Waals surface area contributed by atoms with Crippen LogP contribution in [0.1, 0.15) is 21.5 Å². The topological polar surface area (TPSA) is 35.5 Å². The molecule has 1 heterocycles. The molecule has 2 aromatic rings. The number of carbonyl (C=O) groups excluding carboxylic acids is 1. The van der Waals surface area contributed by atoms with Crippen molar-refractivity contribution < 1.29 is 18.7 Å². The van der Waals surface area contributed by atoms with Crippen LogP contribution in [0.4, 0.5) is 4.39 Å². The first-order chi connectivity index (χ1) is 9.63. The highest BCUT2D eigenvalue weighted by atomic mass is 19.1. The lowest BCUT2D eigenvalue weighted by Crippen LogP contribution is -1.99. The van der Waals surface area contributed by atoms with Crippen LogP contribution < -0.4 is 9.47 Å². The van der Waals surface area contributed by atoms with Crippen molar-refractivity contribution >= 4 is 5.78 Å². The van der Waals surface area contributed by atoms with Crippen LogP contribution in [-0.2, 0) is 6.61 Å². The molecule has 0 N–H and O–H groups in total. The third kappa shape index (κ3) is 2.37. The number of ether oxygens (including phenoxy) is 2. The molecule has 0 saturated heterocycles. The lowest BCUT2D eigenvalue weighted by Gasteiger charge is -2.09. The van der Waals surface area contributed by atoms with E-state index in [0.717, 1.165) is 11.1 Å². The van der Waals surface area contributed by atoms with Crippen molar-refractivity contribution in [3.05, 3.63) is 58.9 Å². The van der Waals surface area contributed by atoms with Crippen LogP contribution in [0, 0.1) is 12.7 Å². The van der Waals surface area contributed by atoms with Gasteiger partial charge in [0.1, 0.15) is 23.9 Å². The molecule has 4 heteroatoms. The molecule has 0 bridgehead atoms. The molecule has 0 aromatic heterocycles. The fourth-order valence-corrected chi connectivity index (χ4v) is 2.15. The Balaban J connectivity index is 1.74. The Morgan fingerprint density at radius 3 is 2.90 bits per heavy atom. The number of hydrogen-bond acceptors (Lipinski definition) is 3. The van der Waals surface area contributed by atoms with Gasteiger partial charge in [-0.3, -0.25) is 4.79 Å². The molecule has 2 aromatic carbocycles. The van der Waals surface area contributed by atoms with Gasteiger partial charge in [-0.15, -0.1) is 0 Å². The predicted molar refractivity (Wildman–Crippen MR) is 71.7 cm³/mol. The second-order valence-corrected chi connectivity index (χ2v) is 4.73. The average Bonchev–Trinajstić information content (AvgIpc) is 2.79. The predicted octanol–water partition coefficient (Wildman–Crippen LogP) is 3.29. The van der Waals surface area contributed by atoms with E-state index in [-0.39, 0.29) is 18.2 Å². The Labute approximate surface area is 115 Å². The molecule has 0 unspecified atom stereocenters. The first kappa shape index (κ1) is 12.7. The summed E-state index contributed by atoms with van der Waals surface area (Å²) in [6.45, 7) is 2.28. The van der Waals surface area contributed by atoms with Gasteiger partial charge in [-0.1, -0.05) is 6.07 Å². The van der Waals surface area contributed by atoms with Gasteiger partial charge >= 0.3 is 0 Å². The van der Waals surface area contributed by atoms with Crippen molar-refractivity contribution in [1.82, 2.24) is 0 Å². The molecule has 0 aliphatic carbocycles. The second-order valence-electron chi connectivity index (χ2n) is 4.73. The zero-order chi connectivity index (χ0) is 14.1. The number of ketones is 1. The van der Waals surface area contributed by atoms with Crippen molar-refractivity contribution in [3.8, 4) is 11.5 Å². The second kappa shape index (κ2) is 4.96. The SMILES string of the molecule is Cc1cc(F)ccc1COc1ccc2c(c1)OCC2=O. The van der Waals surface area contributed by atoms with Gasteiger partial charge in [0, 0.05) is 6.07 Å². The Bertz CT molecular complexity index is 679. The summed E-state index contributed by atoms with van der Waals surface area (Å²) in [5.41, 5.74) is 2.36. The molecule has 0 atom stereocenters. The van der Waals surface area contributed by atoms with Gasteiger partial charge in [-0.2, -0.15) is 0 Å². The third-order valence-electron chi connectivity index (χ3n) is 3.31. The van der Waals surface area contributed by atoms with E-state index in [1.807, 2.05) is 6.92 Å². The van der Waals surface area contributed by atoms with E-state index >= 15 is 0 Å². The fraction of sp³-hybridized carbons (Fsp3) is 0.188. The Kier molecular flexibility index (Phi) is 3.14. The summed E-state index contributed by atoms with van der Waals surface area (Å²) in [5.74, 6) is 0.919. The van der Waals surface area contributed by atoms with Gasteiger partial charge in [0.2, 0.25) is 5.78 Å². The van der Waals surface area contributed by atoms with Crippen molar-refractivity contribution in [1.29, 1.82) is 0 Å². The van der Waals surface area contributed by atoms with Crippen molar-refractivity contribution in [2.75, 3.05) is 6.61 Å². The molecule has 0 amide bonds. The average molecular weight is 272 g/mol. The third-order valence-corrected chi connectivity index (χ3v) is 3.31. The van der Waals surface area contributed by atoms with Crippen molar-refractivity contribution in [2.24, 2.45) is 0 Å². The van der Waals surface area contributed by atoms with Gasteiger partial charge in [0.05, 0.1) is 5.56 Å². The summed E-state index contributed by atoms with van der Waals surface area (Å²) in [5, 5.41) is 0. The molecular formula is C16H13FO3. The van der Waals surface area contributed by atoms with Crippen molar-refractivity contribution in [3.63, 3.8) is 0 Å². The van der Waals surface area contributed by atoms with Crippen LogP contribution >= 0.6 is 0 Å². The Morgan fingerprint density at radius 2 is 2.10 bits per heavy atom. The molecule has 1 aliphatic heterocycles.